The van der Waals surface area contributed by atoms with E-state index < -0.39 is 23.4 Å². The number of hydrogen-bond donors (Lipinski definition) is 2. The summed E-state index contributed by atoms with van der Waals surface area (Å²) in [6.07, 6.45) is 1.43. The Morgan fingerprint density at radius 1 is 1.23 bits per heavy atom. The van der Waals surface area contributed by atoms with Crippen LogP contribution in [0.1, 0.15) is 29.4 Å². The van der Waals surface area contributed by atoms with Gasteiger partial charge in [-0.1, -0.05) is 17.7 Å². The molecule has 1 unspecified atom stereocenters. The van der Waals surface area contributed by atoms with Crippen LogP contribution < -0.4 is 10.6 Å². The average Bonchev–Trinajstić information content (AvgIpc) is 3.16. The summed E-state index contributed by atoms with van der Waals surface area (Å²) in [7, 11) is 0. The Morgan fingerprint density at radius 3 is 2.46 bits per heavy atom. The third kappa shape index (κ3) is 2.96. The van der Waals surface area contributed by atoms with Gasteiger partial charge in [0.25, 0.3) is 5.91 Å². The van der Waals surface area contributed by atoms with Gasteiger partial charge in [0.1, 0.15) is 12.3 Å². The number of carbonyl (C=O) groups excluding carboxylic acids is 3. The number of nitrogens with one attached hydrogen (secondary N) is 2. The number of carbonyl (C=O) groups is 3. The van der Waals surface area contributed by atoms with Gasteiger partial charge >= 0.3 is 6.03 Å². The molecule has 2 aromatic rings. The van der Waals surface area contributed by atoms with Crippen molar-refractivity contribution in [3.05, 3.63) is 53.0 Å². The van der Waals surface area contributed by atoms with Crippen LogP contribution in [0.5, 0.6) is 0 Å². The van der Waals surface area contributed by atoms with Crippen molar-refractivity contribution in [2.75, 3.05) is 11.9 Å². The molecule has 0 spiro atoms. The fraction of sp³-hybridized carbons (Fsp3) is 0.316. The van der Waals surface area contributed by atoms with Gasteiger partial charge in [0.2, 0.25) is 5.91 Å². The Bertz CT molecular complexity index is 865. The van der Waals surface area contributed by atoms with Gasteiger partial charge in [-0.15, -0.1) is 0 Å². The van der Waals surface area contributed by atoms with Crippen LogP contribution in [0.2, 0.25) is 0 Å². The number of amides is 4. The molecule has 2 N–H and O–H groups in total. The molecule has 1 aromatic heterocycles. The molecule has 0 aliphatic carbocycles. The van der Waals surface area contributed by atoms with Crippen LogP contribution >= 0.6 is 0 Å². The zero-order valence-corrected chi connectivity index (χ0v) is 15.2. The van der Waals surface area contributed by atoms with Gasteiger partial charge in [-0.25, -0.2) is 4.79 Å². The molecule has 136 valence electrons. The Kier molecular flexibility index (Phi) is 4.31. The normalized spacial score (nSPS) is 19.6. The van der Waals surface area contributed by atoms with Gasteiger partial charge in [-0.2, -0.15) is 0 Å². The van der Waals surface area contributed by atoms with E-state index in [0.717, 1.165) is 21.6 Å². The summed E-state index contributed by atoms with van der Waals surface area (Å²) in [5.41, 5.74) is 2.33. The van der Waals surface area contributed by atoms with Crippen molar-refractivity contribution >= 4 is 23.5 Å². The molecule has 1 fully saturated rings. The predicted octanol–water partition coefficient (Wildman–Crippen LogP) is 2.61. The maximum absolute atomic E-state index is 12.7. The molecule has 7 nitrogen and oxygen atoms in total. The summed E-state index contributed by atoms with van der Waals surface area (Å²) in [6, 6.07) is 6.55. The fourth-order valence-corrected chi connectivity index (χ4v) is 3.27. The first-order valence-electron chi connectivity index (χ1n) is 8.28. The second kappa shape index (κ2) is 6.33. The van der Waals surface area contributed by atoms with Crippen molar-refractivity contribution < 1.29 is 18.8 Å². The summed E-state index contributed by atoms with van der Waals surface area (Å²) in [6.45, 7) is 6.97. The van der Waals surface area contributed by atoms with Crippen molar-refractivity contribution in [2.45, 2.75) is 33.2 Å². The van der Waals surface area contributed by atoms with E-state index in [1.54, 1.807) is 19.1 Å². The molecule has 1 saturated heterocycles. The second-order valence-corrected chi connectivity index (χ2v) is 6.75. The van der Waals surface area contributed by atoms with Crippen LogP contribution in [0.25, 0.3) is 0 Å². The van der Waals surface area contributed by atoms with Gasteiger partial charge in [-0.05, 0) is 51.0 Å². The Labute approximate surface area is 151 Å². The average molecular weight is 355 g/mol. The standard InChI is InChI=1S/C19H21N3O4/c1-11-8-12(2)16(13(3)9-11)20-15(23)10-22-17(24)19(4,21-18(22)25)14-6-5-7-26-14/h5-9H,10H2,1-4H3,(H,20,23)(H,21,25). The number of rotatable bonds is 4. The number of urea groups is 1. The molecule has 7 heteroatoms. The van der Waals surface area contributed by atoms with Crippen LogP contribution in [-0.4, -0.2) is 29.3 Å². The topological polar surface area (TPSA) is 91.7 Å². The molecule has 1 aliphatic heterocycles. The van der Waals surface area contributed by atoms with Crippen LogP contribution in [0.3, 0.4) is 0 Å². The van der Waals surface area contributed by atoms with Crippen LogP contribution in [0.15, 0.2) is 34.9 Å². The van der Waals surface area contributed by atoms with Crippen molar-refractivity contribution in [3.8, 4) is 0 Å². The molecule has 4 amide bonds. The summed E-state index contributed by atoms with van der Waals surface area (Å²) in [5.74, 6) is -0.638. The SMILES string of the molecule is Cc1cc(C)c(NC(=O)CN2C(=O)NC(C)(c3ccco3)C2=O)c(C)c1. The molecule has 26 heavy (non-hydrogen) atoms. The smallest absolute Gasteiger partial charge is 0.325 e. The van der Waals surface area contributed by atoms with Crippen molar-refractivity contribution in [3.63, 3.8) is 0 Å². The van der Waals surface area contributed by atoms with Crippen LogP contribution in [0, 0.1) is 20.8 Å². The van der Waals surface area contributed by atoms with Gasteiger partial charge in [0.15, 0.2) is 5.54 Å². The summed E-state index contributed by atoms with van der Waals surface area (Å²) in [5, 5.41) is 5.40. The van der Waals surface area contributed by atoms with E-state index in [4.69, 9.17) is 4.42 Å². The van der Waals surface area contributed by atoms with Crippen molar-refractivity contribution in [2.24, 2.45) is 0 Å². The summed E-state index contributed by atoms with van der Waals surface area (Å²) < 4.78 is 5.27. The minimum absolute atomic E-state index is 0.323. The molecule has 1 aromatic carbocycles. The zero-order chi connectivity index (χ0) is 19.1. The number of furan rings is 1. The van der Waals surface area contributed by atoms with Gasteiger partial charge in [0.05, 0.1) is 6.26 Å². The third-order valence-corrected chi connectivity index (χ3v) is 4.53. The minimum atomic E-state index is -1.31. The number of nitrogens with zero attached hydrogens (tertiary/aromatic N) is 1. The highest BCUT2D eigenvalue weighted by Crippen LogP contribution is 2.29. The zero-order valence-electron chi connectivity index (χ0n) is 15.2. The van der Waals surface area contributed by atoms with E-state index in [1.165, 1.54) is 6.26 Å². The lowest BCUT2D eigenvalue weighted by atomic mass is 9.99. The molecule has 2 heterocycles. The molecule has 0 radical (unpaired) electrons. The monoisotopic (exact) mass is 355 g/mol. The lowest BCUT2D eigenvalue weighted by molar-refractivity contribution is -0.134. The van der Waals surface area contributed by atoms with Crippen molar-refractivity contribution in [1.29, 1.82) is 0 Å². The third-order valence-electron chi connectivity index (χ3n) is 4.53. The van der Waals surface area contributed by atoms with Gasteiger partial charge in [-0.3, -0.25) is 14.5 Å². The molecule has 0 bridgehead atoms. The molecular weight excluding hydrogens is 334 g/mol. The van der Waals surface area contributed by atoms with Gasteiger partial charge in [0, 0.05) is 5.69 Å². The van der Waals surface area contributed by atoms with E-state index in [1.807, 2.05) is 32.9 Å². The summed E-state index contributed by atoms with van der Waals surface area (Å²) in [4.78, 5) is 38.3. The van der Waals surface area contributed by atoms with Crippen molar-refractivity contribution in [1.82, 2.24) is 10.2 Å². The van der Waals surface area contributed by atoms with E-state index in [-0.39, 0.29) is 6.54 Å². The van der Waals surface area contributed by atoms with E-state index in [9.17, 15) is 14.4 Å². The van der Waals surface area contributed by atoms with E-state index in [2.05, 4.69) is 10.6 Å². The maximum Gasteiger partial charge on any atom is 0.325 e. The lowest BCUT2D eigenvalue weighted by Gasteiger charge is -2.19. The molecule has 0 saturated carbocycles. The molecule has 1 aliphatic rings. The maximum atomic E-state index is 12.7. The summed E-state index contributed by atoms with van der Waals surface area (Å²) >= 11 is 0. The van der Waals surface area contributed by atoms with Gasteiger partial charge < -0.3 is 15.1 Å². The van der Waals surface area contributed by atoms with Crippen LogP contribution in [0.4, 0.5) is 10.5 Å². The quantitative estimate of drug-likeness (QED) is 0.825. The molecule has 1 atom stereocenters. The lowest BCUT2D eigenvalue weighted by Crippen LogP contribution is -2.42. The first-order valence-corrected chi connectivity index (χ1v) is 8.28. The number of benzene rings is 1. The first-order chi connectivity index (χ1) is 12.2. The van der Waals surface area contributed by atoms with Crippen LogP contribution in [-0.2, 0) is 15.1 Å². The predicted molar refractivity (Wildman–Crippen MR) is 95.6 cm³/mol. The highest BCUT2D eigenvalue weighted by Gasteiger charge is 2.51. The highest BCUT2D eigenvalue weighted by atomic mass is 16.3. The second-order valence-electron chi connectivity index (χ2n) is 6.75. The number of hydrogen-bond acceptors (Lipinski definition) is 4. The van der Waals surface area contributed by atoms with E-state index >= 15 is 0 Å². The molecule has 3 rings (SSSR count). The number of aryl methyl sites for hydroxylation is 3. The van der Waals surface area contributed by atoms with E-state index in [0.29, 0.717) is 11.4 Å². The largest absolute Gasteiger partial charge is 0.466 e. The highest BCUT2D eigenvalue weighted by molar-refractivity contribution is 6.10. The number of anilines is 1. The molecular formula is C19H21N3O4. The first kappa shape index (κ1) is 17.7. The Hall–Kier alpha value is -3.09. The fourth-order valence-electron chi connectivity index (χ4n) is 3.27. The minimum Gasteiger partial charge on any atom is -0.466 e. The Balaban J connectivity index is 1.76. The number of imide groups is 1. The Morgan fingerprint density at radius 2 is 1.88 bits per heavy atom.